The maximum atomic E-state index is 12.6. The van der Waals surface area contributed by atoms with Crippen molar-refractivity contribution in [1.29, 1.82) is 0 Å². The Hall–Kier alpha value is -2.19. The smallest absolute Gasteiger partial charge is 0.263 e. The van der Waals surface area contributed by atoms with Gasteiger partial charge in [0.15, 0.2) is 5.65 Å². The van der Waals surface area contributed by atoms with Gasteiger partial charge < -0.3 is 9.64 Å². The van der Waals surface area contributed by atoms with Crippen LogP contribution >= 0.6 is 15.9 Å². The second-order valence-corrected chi connectivity index (χ2v) is 7.46. The molecule has 0 aliphatic carbocycles. The first-order valence-corrected chi connectivity index (χ1v) is 9.42. The van der Waals surface area contributed by atoms with Crippen molar-refractivity contribution in [2.24, 2.45) is 0 Å². The molecule has 0 spiro atoms. The molecule has 1 saturated heterocycles. The Balaban J connectivity index is 1.81. The highest BCUT2D eigenvalue weighted by Gasteiger charge is 2.17. The number of hydrogen-bond donors (Lipinski definition) is 1. The molecule has 8 heteroatoms. The van der Waals surface area contributed by atoms with Crippen LogP contribution < -0.4 is 10.5 Å². The van der Waals surface area contributed by atoms with E-state index in [-0.39, 0.29) is 5.56 Å². The maximum absolute atomic E-state index is 12.6. The molecular weight excluding hydrogens is 398 g/mol. The predicted molar refractivity (Wildman–Crippen MR) is 104 cm³/mol. The third kappa shape index (κ3) is 3.14. The average molecular weight is 418 g/mol. The van der Waals surface area contributed by atoms with E-state index in [0.29, 0.717) is 30.1 Å². The standard InChI is InChI=1S/C18H20BrN5O2/c1-11-8-13(19)9-12(2)15(11)24-10-14-16(22-24)20-18(21-17(14)25)23-4-3-6-26-7-5-23/h8-10H,3-7H2,1-2H3,(H,20,21,22,25). The number of rotatable bonds is 2. The highest BCUT2D eigenvalue weighted by atomic mass is 79.9. The van der Waals surface area contributed by atoms with Crippen LogP contribution in [0.4, 0.5) is 5.95 Å². The Morgan fingerprint density at radius 3 is 2.73 bits per heavy atom. The zero-order valence-corrected chi connectivity index (χ0v) is 16.3. The van der Waals surface area contributed by atoms with Gasteiger partial charge in [0.05, 0.1) is 12.3 Å². The molecule has 0 unspecified atom stereocenters. The molecule has 0 saturated carbocycles. The summed E-state index contributed by atoms with van der Waals surface area (Å²) in [5.74, 6) is 0.558. The van der Waals surface area contributed by atoms with Gasteiger partial charge in [0.25, 0.3) is 5.56 Å². The molecule has 1 N–H and O–H groups in total. The van der Waals surface area contributed by atoms with Crippen LogP contribution in [0.1, 0.15) is 17.5 Å². The third-order valence-corrected chi connectivity index (χ3v) is 5.04. The van der Waals surface area contributed by atoms with Gasteiger partial charge in [-0.1, -0.05) is 15.9 Å². The van der Waals surface area contributed by atoms with E-state index in [4.69, 9.17) is 4.74 Å². The van der Waals surface area contributed by atoms with Crippen molar-refractivity contribution in [3.8, 4) is 5.69 Å². The molecule has 2 aromatic heterocycles. The molecule has 0 bridgehead atoms. The van der Waals surface area contributed by atoms with E-state index in [1.54, 1.807) is 10.9 Å². The molecule has 1 aromatic carbocycles. The second kappa shape index (κ2) is 6.85. The molecule has 1 aliphatic heterocycles. The van der Waals surface area contributed by atoms with E-state index in [9.17, 15) is 4.79 Å². The number of aromatic amines is 1. The second-order valence-electron chi connectivity index (χ2n) is 6.54. The molecular formula is C18H20BrN5O2. The lowest BCUT2D eigenvalue weighted by Crippen LogP contribution is -2.29. The Bertz CT molecular complexity index is 995. The summed E-state index contributed by atoms with van der Waals surface area (Å²) in [6.45, 7) is 6.94. The van der Waals surface area contributed by atoms with Crippen LogP contribution in [-0.2, 0) is 4.74 Å². The summed E-state index contributed by atoms with van der Waals surface area (Å²) in [7, 11) is 0. The first-order chi connectivity index (χ1) is 12.5. The van der Waals surface area contributed by atoms with Crippen LogP contribution in [0, 0.1) is 13.8 Å². The van der Waals surface area contributed by atoms with E-state index in [2.05, 4.69) is 31.0 Å². The van der Waals surface area contributed by atoms with Crippen molar-refractivity contribution in [2.45, 2.75) is 20.3 Å². The van der Waals surface area contributed by atoms with Crippen LogP contribution in [0.3, 0.4) is 0 Å². The SMILES string of the molecule is Cc1cc(Br)cc(C)c1-n1cc2c(=O)[nH]c(N3CCCOCC3)nc2n1. The van der Waals surface area contributed by atoms with Gasteiger partial charge in [0.2, 0.25) is 5.95 Å². The Morgan fingerprint density at radius 1 is 1.19 bits per heavy atom. The zero-order valence-electron chi connectivity index (χ0n) is 14.8. The van der Waals surface area contributed by atoms with Crippen molar-refractivity contribution in [1.82, 2.24) is 19.7 Å². The van der Waals surface area contributed by atoms with Gasteiger partial charge in [-0.25, -0.2) is 4.68 Å². The number of fused-ring (bicyclic) bond motifs is 1. The van der Waals surface area contributed by atoms with Crippen molar-refractivity contribution in [3.05, 3.63) is 44.3 Å². The van der Waals surface area contributed by atoms with Gasteiger partial charge >= 0.3 is 0 Å². The molecule has 4 rings (SSSR count). The number of halogens is 1. The summed E-state index contributed by atoms with van der Waals surface area (Å²) in [6, 6.07) is 4.07. The molecule has 0 radical (unpaired) electrons. The molecule has 26 heavy (non-hydrogen) atoms. The van der Waals surface area contributed by atoms with Gasteiger partial charge in [-0.3, -0.25) is 9.78 Å². The fourth-order valence-electron chi connectivity index (χ4n) is 3.39. The number of hydrogen-bond acceptors (Lipinski definition) is 5. The van der Waals surface area contributed by atoms with Gasteiger partial charge in [-0.2, -0.15) is 4.98 Å². The molecule has 0 amide bonds. The van der Waals surface area contributed by atoms with E-state index in [0.717, 1.165) is 40.9 Å². The Kier molecular flexibility index (Phi) is 4.54. The summed E-state index contributed by atoms with van der Waals surface area (Å²) in [6.07, 6.45) is 2.66. The van der Waals surface area contributed by atoms with E-state index < -0.39 is 0 Å². The van der Waals surface area contributed by atoms with Crippen LogP contribution in [-0.4, -0.2) is 46.1 Å². The summed E-state index contributed by atoms with van der Waals surface area (Å²) in [4.78, 5) is 22.1. The molecule has 136 valence electrons. The van der Waals surface area contributed by atoms with Gasteiger partial charge in [0, 0.05) is 30.4 Å². The number of H-pyrrole nitrogens is 1. The first kappa shape index (κ1) is 17.2. The van der Waals surface area contributed by atoms with E-state index in [1.807, 2.05) is 30.9 Å². The summed E-state index contributed by atoms with van der Waals surface area (Å²) < 4.78 is 8.25. The number of ether oxygens (including phenoxy) is 1. The molecule has 3 aromatic rings. The van der Waals surface area contributed by atoms with Gasteiger partial charge in [-0.05, 0) is 43.5 Å². The van der Waals surface area contributed by atoms with Gasteiger partial charge in [0.1, 0.15) is 5.39 Å². The van der Waals surface area contributed by atoms with Crippen LogP contribution in [0.15, 0.2) is 27.6 Å². The average Bonchev–Trinajstić information content (AvgIpc) is 2.81. The lowest BCUT2D eigenvalue weighted by molar-refractivity contribution is 0.152. The number of nitrogens with zero attached hydrogens (tertiary/aromatic N) is 4. The highest BCUT2D eigenvalue weighted by molar-refractivity contribution is 9.10. The van der Waals surface area contributed by atoms with Crippen molar-refractivity contribution in [3.63, 3.8) is 0 Å². The van der Waals surface area contributed by atoms with E-state index in [1.165, 1.54) is 0 Å². The largest absolute Gasteiger partial charge is 0.380 e. The van der Waals surface area contributed by atoms with Crippen LogP contribution in [0.5, 0.6) is 0 Å². The van der Waals surface area contributed by atoms with Crippen LogP contribution in [0.25, 0.3) is 16.7 Å². The summed E-state index contributed by atoms with van der Waals surface area (Å²) in [5.41, 5.74) is 3.40. The minimum Gasteiger partial charge on any atom is -0.380 e. The molecule has 7 nitrogen and oxygen atoms in total. The number of aryl methyl sites for hydroxylation is 2. The Morgan fingerprint density at radius 2 is 1.96 bits per heavy atom. The highest BCUT2D eigenvalue weighted by Crippen LogP contribution is 2.24. The third-order valence-electron chi connectivity index (χ3n) is 4.58. The summed E-state index contributed by atoms with van der Waals surface area (Å²) >= 11 is 3.51. The fraction of sp³-hybridized carbons (Fsp3) is 0.389. The van der Waals surface area contributed by atoms with Crippen molar-refractivity contribution < 1.29 is 4.74 Å². The normalized spacial score (nSPS) is 15.4. The first-order valence-electron chi connectivity index (χ1n) is 8.62. The Labute approximate surface area is 159 Å². The van der Waals surface area contributed by atoms with Gasteiger partial charge in [-0.15, -0.1) is 5.10 Å². The number of anilines is 1. The molecule has 1 aliphatic rings. The number of nitrogens with one attached hydrogen (secondary N) is 1. The minimum absolute atomic E-state index is 0.172. The van der Waals surface area contributed by atoms with Crippen molar-refractivity contribution in [2.75, 3.05) is 31.2 Å². The summed E-state index contributed by atoms with van der Waals surface area (Å²) in [5, 5.41) is 5.07. The minimum atomic E-state index is -0.172. The lowest BCUT2D eigenvalue weighted by Gasteiger charge is -2.19. The lowest BCUT2D eigenvalue weighted by atomic mass is 10.1. The topological polar surface area (TPSA) is 76.0 Å². The monoisotopic (exact) mass is 417 g/mol. The molecule has 1 fully saturated rings. The predicted octanol–water partition coefficient (Wildman–Crippen LogP) is 2.71. The van der Waals surface area contributed by atoms with Crippen molar-refractivity contribution >= 4 is 32.9 Å². The zero-order chi connectivity index (χ0) is 18.3. The number of benzene rings is 1. The van der Waals surface area contributed by atoms with Crippen LogP contribution in [0.2, 0.25) is 0 Å². The number of aromatic nitrogens is 4. The molecule has 3 heterocycles. The fourth-order valence-corrected chi connectivity index (χ4v) is 4.08. The maximum Gasteiger partial charge on any atom is 0.263 e. The quantitative estimate of drug-likeness (QED) is 0.693. The van der Waals surface area contributed by atoms with E-state index >= 15 is 0 Å². The molecule has 0 atom stereocenters.